The maximum Gasteiger partial charge on any atom is 0.308 e. The number of rotatable bonds is 5. The molecular weight excluding hydrogens is 420 g/mol. The van der Waals surface area contributed by atoms with E-state index in [2.05, 4.69) is 21.4 Å². The number of carbonyl (C=O) groups excluding carboxylic acids is 1. The van der Waals surface area contributed by atoms with Crippen LogP contribution in [0.15, 0.2) is 60.9 Å². The van der Waals surface area contributed by atoms with Crippen molar-refractivity contribution in [3.8, 4) is 10.6 Å². The maximum atomic E-state index is 11.8. The van der Waals surface area contributed by atoms with Crippen LogP contribution < -0.4 is 5.32 Å². The number of esters is 1. The molecule has 32 heavy (non-hydrogen) atoms. The molecule has 1 aliphatic carbocycles. The number of hydrogen-bond acceptors (Lipinski definition) is 7. The minimum absolute atomic E-state index is 0.0313. The Labute approximate surface area is 190 Å². The molecule has 3 aromatic heterocycles. The Balaban J connectivity index is 1.29. The van der Waals surface area contributed by atoms with E-state index in [0.717, 1.165) is 63.7 Å². The van der Waals surface area contributed by atoms with Gasteiger partial charge in [-0.25, -0.2) is 15.0 Å². The molecule has 1 N–H and O–H groups in total. The quantitative estimate of drug-likeness (QED) is 0.384. The maximum absolute atomic E-state index is 11.8. The zero-order chi connectivity index (χ0) is 21.9. The number of thiazole rings is 1. The van der Waals surface area contributed by atoms with Gasteiger partial charge in [0.15, 0.2) is 0 Å². The molecule has 1 aromatic carbocycles. The van der Waals surface area contributed by atoms with Crippen molar-refractivity contribution in [1.82, 2.24) is 15.0 Å². The van der Waals surface area contributed by atoms with E-state index in [1.54, 1.807) is 11.3 Å². The second-order valence-electron chi connectivity index (χ2n) is 8.08. The normalized spacial score (nSPS) is 18.4. The molecule has 0 radical (unpaired) electrons. The lowest BCUT2D eigenvalue weighted by atomic mass is 9.82. The number of hydrogen-bond donors (Lipinski definition) is 1. The van der Waals surface area contributed by atoms with Crippen molar-refractivity contribution in [2.24, 2.45) is 5.92 Å². The Kier molecular flexibility index (Phi) is 5.81. The molecular formula is C25H24N4O2S. The third kappa shape index (κ3) is 4.34. The number of nitrogens with zero attached hydrogens (tertiary/aromatic N) is 3. The average molecular weight is 445 g/mol. The molecule has 6 nitrogen and oxygen atoms in total. The van der Waals surface area contributed by atoms with Gasteiger partial charge in [-0.15, -0.1) is 11.3 Å². The molecule has 4 aromatic rings. The molecule has 0 amide bonds. The first-order valence-electron chi connectivity index (χ1n) is 10.8. The van der Waals surface area contributed by atoms with Gasteiger partial charge in [-0.1, -0.05) is 30.3 Å². The highest BCUT2D eigenvalue weighted by Crippen LogP contribution is 2.39. The van der Waals surface area contributed by atoms with Gasteiger partial charge < -0.3 is 10.1 Å². The molecule has 1 fully saturated rings. The van der Waals surface area contributed by atoms with E-state index >= 15 is 0 Å². The minimum atomic E-state index is -0.0855. The summed E-state index contributed by atoms with van der Waals surface area (Å²) in [6.45, 7) is 0. The summed E-state index contributed by atoms with van der Waals surface area (Å²) in [4.78, 5) is 26.8. The highest BCUT2D eigenvalue weighted by atomic mass is 32.1. The molecule has 5 rings (SSSR count). The van der Waals surface area contributed by atoms with Crippen LogP contribution in [0, 0.1) is 5.92 Å². The number of methoxy groups -OCH3 is 1. The number of ether oxygens (including phenoxy) is 1. The summed E-state index contributed by atoms with van der Waals surface area (Å²) in [5.41, 5.74) is 0.891. The highest BCUT2D eigenvalue weighted by molar-refractivity contribution is 7.15. The fraction of sp³-hybridized carbons (Fsp3) is 0.280. The highest BCUT2D eigenvalue weighted by Gasteiger charge is 2.29. The zero-order valence-corrected chi connectivity index (χ0v) is 18.6. The second-order valence-corrected chi connectivity index (χ2v) is 9.15. The van der Waals surface area contributed by atoms with E-state index in [1.165, 1.54) is 7.11 Å². The van der Waals surface area contributed by atoms with Crippen LogP contribution >= 0.6 is 11.3 Å². The molecule has 7 heteroatoms. The first-order valence-corrected chi connectivity index (χ1v) is 11.6. The minimum Gasteiger partial charge on any atom is -0.469 e. The molecule has 0 unspecified atom stereocenters. The summed E-state index contributed by atoms with van der Waals surface area (Å²) in [5.74, 6) is 1.86. The largest absolute Gasteiger partial charge is 0.469 e. The Bertz CT molecular complexity index is 1250. The van der Waals surface area contributed by atoms with Crippen molar-refractivity contribution in [1.29, 1.82) is 0 Å². The molecule has 162 valence electrons. The van der Waals surface area contributed by atoms with Gasteiger partial charge in [0.25, 0.3) is 0 Å². The molecule has 3 heterocycles. The van der Waals surface area contributed by atoms with Crippen molar-refractivity contribution in [2.75, 3.05) is 12.4 Å². The summed E-state index contributed by atoms with van der Waals surface area (Å²) in [6, 6.07) is 16.1. The number of aromatic nitrogens is 3. The van der Waals surface area contributed by atoms with Crippen LogP contribution in [0.4, 0.5) is 11.6 Å². The first kappa shape index (κ1) is 20.6. The van der Waals surface area contributed by atoms with E-state index in [-0.39, 0.29) is 11.9 Å². The van der Waals surface area contributed by atoms with Crippen LogP contribution in [0.5, 0.6) is 0 Å². The lowest BCUT2D eigenvalue weighted by Gasteiger charge is -2.25. The van der Waals surface area contributed by atoms with E-state index < -0.39 is 0 Å². The van der Waals surface area contributed by atoms with Crippen LogP contribution in [-0.4, -0.2) is 28.0 Å². The lowest BCUT2D eigenvalue weighted by Crippen LogP contribution is -2.22. The first-order chi connectivity index (χ1) is 15.7. The molecule has 0 spiro atoms. The number of pyridine rings is 2. The Morgan fingerprint density at radius 1 is 0.969 bits per heavy atom. The van der Waals surface area contributed by atoms with Gasteiger partial charge in [0.1, 0.15) is 11.6 Å². The van der Waals surface area contributed by atoms with Gasteiger partial charge in [0.05, 0.1) is 28.6 Å². The monoisotopic (exact) mass is 444 g/mol. The number of benzene rings is 1. The molecule has 1 aliphatic rings. The third-order valence-electron chi connectivity index (χ3n) is 6.02. The van der Waals surface area contributed by atoms with Crippen molar-refractivity contribution in [3.63, 3.8) is 0 Å². The standard InChI is InChI=1S/C25H24N4O2S/c1-31-25(30)17-11-9-16(10-12-17)24-27-15-21(32-24)20-7-4-8-22(28-20)29-23-13-18-5-2-3-6-19(18)14-26-23/h2-8,13-17H,9-12H2,1H3,(H,26,28,29)/t16-,17-. The van der Waals surface area contributed by atoms with E-state index in [9.17, 15) is 4.79 Å². The lowest BCUT2D eigenvalue weighted by molar-refractivity contribution is -0.146. The molecule has 0 atom stereocenters. The van der Waals surface area contributed by atoms with Gasteiger partial charge >= 0.3 is 5.97 Å². The summed E-state index contributed by atoms with van der Waals surface area (Å²) < 4.78 is 4.90. The van der Waals surface area contributed by atoms with E-state index in [1.807, 2.05) is 54.9 Å². The summed E-state index contributed by atoms with van der Waals surface area (Å²) in [7, 11) is 1.47. The third-order valence-corrected chi connectivity index (χ3v) is 7.21. The molecule has 1 saturated carbocycles. The summed E-state index contributed by atoms with van der Waals surface area (Å²) >= 11 is 1.69. The van der Waals surface area contributed by atoms with Gasteiger partial charge in [-0.05, 0) is 49.3 Å². The Morgan fingerprint density at radius 2 is 1.78 bits per heavy atom. The van der Waals surface area contributed by atoms with Crippen molar-refractivity contribution < 1.29 is 9.53 Å². The number of fused-ring (bicyclic) bond motifs is 1. The second kappa shape index (κ2) is 9.04. The predicted molar refractivity (Wildman–Crippen MR) is 127 cm³/mol. The fourth-order valence-corrected chi connectivity index (χ4v) is 5.32. The number of carbonyl (C=O) groups is 1. The van der Waals surface area contributed by atoms with Crippen LogP contribution in [0.2, 0.25) is 0 Å². The van der Waals surface area contributed by atoms with Crippen molar-refractivity contribution >= 4 is 39.7 Å². The van der Waals surface area contributed by atoms with Crippen LogP contribution in [0.3, 0.4) is 0 Å². The smallest absolute Gasteiger partial charge is 0.308 e. The zero-order valence-electron chi connectivity index (χ0n) is 17.8. The molecule has 0 aliphatic heterocycles. The molecule has 0 saturated heterocycles. The summed E-state index contributed by atoms with van der Waals surface area (Å²) in [6.07, 6.45) is 7.44. The van der Waals surface area contributed by atoms with Crippen molar-refractivity contribution in [2.45, 2.75) is 31.6 Å². The van der Waals surface area contributed by atoms with E-state index in [0.29, 0.717) is 5.92 Å². The van der Waals surface area contributed by atoms with Crippen molar-refractivity contribution in [3.05, 3.63) is 65.9 Å². The van der Waals surface area contributed by atoms with Crippen LogP contribution in [0.1, 0.15) is 36.6 Å². The van der Waals surface area contributed by atoms with Gasteiger partial charge in [0.2, 0.25) is 0 Å². The SMILES string of the molecule is COC(=O)[C@H]1CC[C@H](c2ncc(-c3cccc(Nc4cc5ccccc5cn4)n3)s2)CC1. The van der Waals surface area contributed by atoms with Gasteiger partial charge in [0, 0.05) is 23.7 Å². The summed E-state index contributed by atoms with van der Waals surface area (Å²) in [5, 5.41) is 6.68. The van der Waals surface area contributed by atoms with Gasteiger partial charge in [-0.3, -0.25) is 4.79 Å². The molecule has 0 bridgehead atoms. The number of nitrogens with one attached hydrogen (secondary N) is 1. The fourth-order valence-electron chi connectivity index (χ4n) is 4.26. The average Bonchev–Trinajstić information content (AvgIpc) is 3.34. The predicted octanol–water partition coefficient (Wildman–Crippen LogP) is 5.94. The Hall–Kier alpha value is -3.32. The van der Waals surface area contributed by atoms with Gasteiger partial charge in [-0.2, -0.15) is 0 Å². The van der Waals surface area contributed by atoms with Crippen LogP contribution in [0.25, 0.3) is 21.3 Å². The topological polar surface area (TPSA) is 77.0 Å². The number of anilines is 2. The Morgan fingerprint density at radius 3 is 2.59 bits per heavy atom. The van der Waals surface area contributed by atoms with Crippen LogP contribution in [-0.2, 0) is 9.53 Å². The van der Waals surface area contributed by atoms with E-state index in [4.69, 9.17) is 9.72 Å².